The largest absolute Gasteiger partial charge is 0.496 e. The molecule has 0 fully saturated rings. The molecule has 0 saturated heterocycles. The van der Waals surface area contributed by atoms with Crippen molar-refractivity contribution in [1.82, 2.24) is 0 Å². The smallest absolute Gasteiger partial charge is 0.122 e. The van der Waals surface area contributed by atoms with Crippen molar-refractivity contribution in [3.8, 4) is 5.75 Å². The minimum atomic E-state index is 0.578. The second kappa shape index (κ2) is 8.79. The molecule has 19 heavy (non-hydrogen) atoms. The van der Waals surface area contributed by atoms with Gasteiger partial charge in [-0.15, -0.1) is 0 Å². The third-order valence-electron chi connectivity index (χ3n) is 3.60. The second-order valence-electron chi connectivity index (χ2n) is 5.03. The summed E-state index contributed by atoms with van der Waals surface area (Å²) in [4.78, 5) is 0. The molecule has 1 nitrogen and oxygen atoms in total. The molecule has 0 aliphatic carbocycles. The van der Waals surface area contributed by atoms with Gasteiger partial charge in [0.05, 0.1) is 7.11 Å². The summed E-state index contributed by atoms with van der Waals surface area (Å²) in [6.45, 7) is 6.65. The molecule has 0 heterocycles. The third kappa shape index (κ3) is 4.74. The second-order valence-corrected chi connectivity index (χ2v) is 5.03. The summed E-state index contributed by atoms with van der Waals surface area (Å²) in [5.74, 6) is 1.62. The normalized spacial score (nSPS) is 12.8. The summed E-state index contributed by atoms with van der Waals surface area (Å²) in [6.07, 6.45) is 10.3. The van der Waals surface area contributed by atoms with Crippen LogP contribution in [0.5, 0.6) is 5.75 Å². The Morgan fingerprint density at radius 1 is 1.16 bits per heavy atom. The van der Waals surface area contributed by atoms with Gasteiger partial charge in [0.1, 0.15) is 5.75 Å². The lowest BCUT2D eigenvalue weighted by Gasteiger charge is -2.19. The standard InChI is InChI=1S/C18H28O/c1-5-8-9-11-16(10-6-2)17-14-15(7-3)12-13-18(17)19-4/h8-9,12-14,16H,5-7,10-11H2,1-4H3/b9-8-. The van der Waals surface area contributed by atoms with Gasteiger partial charge in [-0.3, -0.25) is 0 Å². The highest BCUT2D eigenvalue weighted by atomic mass is 16.5. The molecule has 0 aromatic heterocycles. The average molecular weight is 260 g/mol. The van der Waals surface area contributed by atoms with E-state index in [0.717, 1.165) is 25.0 Å². The van der Waals surface area contributed by atoms with Gasteiger partial charge in [0, 0.05) is 0 Å². The number of methoxy groups -OCH3 is 1. The fraction of sp³-hybridized carbons (Fsp3) is 0.556. The molecule has 0 aliphatic rings. The fourth-order valence-corrected chi connectivity index (χ4v) is 2.50. The molecule has 1 unspecified atom stereocenters. The number of aryl methyl sites for hydroxylation is 1. The highest BCUT2D eigenvalue weighted by Gasteiger charge is 2.14. The van der Waals surface area contributed by atoms with Gasteiger partial charge in [-0.25, -0.2) is 0 Å². The van der Waals surface area contributed by atoms with E-state index in [0.29, 0.717) is 5.92 Å². The van der Waals surface area contributed by atoms with E-state index in [4.69, 9.17) is 4.74 Å². The van der Waals surface area contributed by atoms with Crippen LogP contribution in [0.25, 0.3) is 0 Å². The van der Waals surface area contributed by atoms with Crippen LogP contribution in [0.2, 0.25) is 0 Å². The van der Waals surface area contributed by atoms with E-state index in [1.807, 2.05) is 0 Å². The quantitative estimate of drug-likeness (QED) is 0.561. The number of ether oxygens (including phenoxy) is 1. The zero-order valence-corrected chi connectivity index (χ0v) is 12.9. The minimum Gasteiger partial charge on any atom is -0.496 e. The van der Waals surface area contributed by atoms with Crippen molar-refractivity contribution in [2.75, 3.05) is 7.11 Å². The Bertz CT molecular complexity index is 393. The van der Waals surface area contributed by atoms with Crippen LogP contribution in [0.4, 0.5) is 0 Å². The SMILES string of the molecule is CC/C=C\CC(CCC)c1cc(CC)ccc1OC. The number of rotatable bonds is 8. The molecule has 1 aromatic rings. The van der Waals surface area contributed by atoms with Gasteiger partial charge in [-0.05, 0) is 48.8 Å². The van der Waals surface area contributed by atoms with Gasteiger partial charge < -0.3 is 4.74 Å². The van der Waals surface area contributed by atoms with Crippen molar-refractivity contribution >= 4 is 0 Å². The summed E-state index contributed by atoms with van der Waals surface area (Å²) in [5.41, 5.74) is 2.78. The van der Waals surface area contributed by atoms with E-state index in [1.54, 1.807) is 7.11 Å². The van der Waals surface area contributed by atoms with E-state index in [9.17, 15) is 0 Å². The van der Waals surface area contributed by atoms with Crippen molar-refractivity contribution in [2.24, 2.45) is 0 Å². The highest BCUT2D eigenvalue weighted by molar-refractivity contribution is 5.40. The fourth-order valence-electron chi connectivity index (χ4n) is 2.50. The lowest BCUT2D eigenvalue weighted by molar-refractivity contribution is 0.403. The van der Waals surface area contributed by atoms with Crippen molar-refractivity contribution in [3.63, 3.8) is 0 Å². The van der Waals surface area contributed by atoms with Crippen molar-refractivity contribution in [3.05, 3.63) is 41.5 Å². The Labute approximate surface area is 118 Å². The number of allylic oxidation sites excluding steroid dienone is 2. The van der Waals surface area contributed by atoms with Gasteiger partial charge in [0.2, 0.25) is 0 Å². The molecule has 1 heteroatoms. The number of hydrogen-bond donors (Lipinski definition) is 0. The number of benzene rings is 1. The maximum atomic E-state index is 5.55. The molecule has 106 valence electrons. The zero-order chi connectivity index (χ0) is 14.1. The first-order valence-corrected chi connectivity index (χ1v) is 7.58. The lowest BCUT2D eigenvalue weighted by atomic mass is 9.89. The van der Waals surface area contributed by atoms with E-state index in [-0.39, 0.29) is 0 Å². The Morgan fingerprint density at radius 2 is 1.95 bits per heavy atom. The summed E-state index contributed by atoms with van der Waals surface area (Å²) in [6, 6.07) is 6.63. The lowest BCUT2D eigenvalue weighted by Crippen LogP contribution is -2.02. The number of hydrogen-bond acceptors (Lipinski definition) is 1. The molecule has 1 atom stereocenters. The maximum absolute atomic E-state index is 5.55. The van der Waals surface area contributed by atoms with Gasteiger partial charge in [0.15, 0.2) is 0 Å². The first-order chi connectivity index (χ1) is 9.26. The van der Waals surface area contributed by atoms with Crippen LogP contribution in [-0.4, -0.2) is 7.11 Å². The first kappa shape index (κ1) is 15.8. The van der Waals surface area contributed by atoms with Gasteiger partial charge in [0.25, 0.3) is 0 Å². The summed E-state index contributed by atoms with van der Waals surface area (Å²) in [7, 11) is 1.77. The topological polar surface area (TPSA) is 9.23 Å². The van der Waals surface area contributed by atoms with Crippen LogP contribution in [0.15, 0.2) is 30.4 Å². The van der Waals surface area contributed by atoms with Gasteiger partial charge in [-0.1, -0.05) is 51.5 Å². The highest BCUT2D eigenvalue weighted by Crippen LogP contribution is 2.33. The minimum absolute atomic E-state index is 0.578. The molecular weight excluding hydrogens is 232 g/mol. The molecule has 0 bridgehead atoms. The predicted octanol–water partition coefficient (Wildman–Crippen LogP) is 5.50. The molecule has 0 radical (unpaired) electrons. The monoisotopic (exact) mass is 260 g/mol. The van der Waals surface area contributed by atoms with Gasteiger partial charge >= 0.3 is 0 Å². The summed E-state index contributed by atoms with van der Waals surface area (Å²) >= 11 is 0. The molecule has 0 spiro atoms. The van der Waals surface area contributed by atoms with E-state index in [1.165, 1.54) is 24.0 Å². The van der Waals surface area contributed by atoms with Crippen molar-refractivity contribution in [2.45, 2.75) is 58.8 Å². The molecule has 1 aromatic carbocycles. The Hall–Kier alpha value is -1.24. The van der Waals surface area contributed by atoms with Crippen LogP contribution in [0, 0.1) is 0 Å². The molecular formula is C18H28O. The summed E-state index contributed by atoms with van der Waals surface area (Å²) in [5, 5.41) is 0. The van der Waals surface area contributed by atoms with Crippen LogP contribution in [0.1, 0.15) is 63.5 Å². The molecule has 0 N–H and O–H groups in total. The van der Waals surface area contributed by atoms with Crippen molar-refractivity contribution in [1.29, 1.82) is 0 Å². The molecule has 1 rings (SSSR count). The summed E-state index contributed by atoms with van der Waals surface area (Å²) < 4.78 is 5.55. The first-order valence-electron chi connectivity index (χ1n) is 7.58. The third-order valence-corrected chi connectivity index (χ3v) is 3.60. The Morgan fingerprint density at radius 3 is 2.53 bits per heavy atom. The Kier molecular flexibility index (Phi) is 7.32. The van der Waals surface area contributed by atoms with Crippen LogP contribution in [0.3, 0.4) is 0 Å². The van der Waals surface area contributed by atoms with E-state index < -0.39 is 0 Å². The Balaban J connectivity index is 3.00. The molecule has 0 saturated carbocycles. The average Bonchev–Trinajstić information content (AvgIpc) is 2.46. The zero-order valence-electron chi connectivity index (χ0n) is 12.9. The van der Waals surface area contributed by atoms with Crippen LogP contribution in [-0.2, 0) is 6.42 Å². The van der Waals surface area contributed by atoms with Crippen LogP contribution < -0.4 is 4.74 Å². The van der Waals surface area contributed by atoms with Crippen molar-refractivity contribution < 1.29 is 4.74 Å². The predicted molar refractivity (Wildman–Crippen MR) is 84.1 cm³/mol. The van der Waals surface area contributed by atoms with Crippen LogP contribution >= 0.6 is 0 Å². The molecule has 0 aliphatic heterocycles. The maximum Gasteiger partial charge on any atom is 0.122 e. The van der Waals surface area contributed by atoms with E-state index in [2.05, 4.69) is 51.1 Å². The van der Waals surface area contributed by atoms with E-state index >= 15 is 0 Å². The molecule has 0 amide bonds. The van der Waals surface area contributed by atoms with Gasteiger partial charge in [-0.2, -0.15) is 0 Å².